The molecule has 5 heteroatoms. The van der Waals surface area contributed by atoms with Gasteiger partial charge in [0.05, 0.1) is 5.97 Å². The first-order valence-corrected chi connectivity index (χ1v) is 18.4. The van der Waals surface area contributed by atoms with Crippen molar-refractivity contribution < 1.29 is 19.8 Å². The molecular formula is C40H72O4Sn. The first kappa shape index (κ1) is 50.8. The van der Waals surface area contributed by atoms with Gasteiger partial charge in [0.25, 0.3) is 0 Å². The van der Waals surface area contributed by atoms with E-state index in [1.165, 1.54) is 122 Å². The number of aromatic carboxylic acids is 1. The molecule has 1 rings (SSSR count). The summed E-state index contributed by atoms with van der Waals surface area (Å²) in [5, 5.41) is 20.7. The van der Waals surface area contributed by atoms with Crippen LogP contribution in [0.2, 0.25) is 0 Å². The molecule has 0 bridgehead atoms. The number of aliphatic carboxylic acids is 1. The van der Waals surface area contributed by atoms with Gasteiger partial charge in [0.2, 0.25) is 0 Å². The summed E-state index contributed by atoms with van der Waals surface area (Å²) < 4.78 is 0. The third kappa shape index (κ3) is 47.5. The monoisotopic (exact) mass is 736 g/mol. The molecule has 1 aromatic rings. The van der Waals surface area contributed by atoms with Gasteiger partial charge in [0, 0.05) is 5.97 Å². The van der Waals surface area contributed by atoms with Gasteiger partial charge < -0.3 is 19.8 Å². The number of carboxylic acid groups (broad SMARTS) is 2. The van der Waals surface area contributed by atoms with Gasteiger partial charge in [-0.2, -0.15) is 0 Å². The van der Waals surface area contributed by atoms with Crippen molar-refractivity contribution in [1.29, 1.82) is 0 Å². The molecule has 0 spiro atoms. The van der Waals surface area contributed by atoms with E-state index in [2.05, 4.69) is 41.5 Å². The van der Waals surface area contributed by atoms with E-state index in [9.17, 15) is 19.8 Å². The summed E-state index contributed by atoms with van der Waals surface area (Å²) in [6.07, 6.45) is 32.2. The first-order chi connectivity index (χ1) is 21.3. The quantitative estimate of drug-likeness (QED) is 0.0740. The average Bonchev–Trinajstić information content (AvgIpc) is 3.03. The van der Waals surface area contributed by atoms with E-state index in [-0.39, 0.29) is 35.9 Å². The zero-order valence-electron chi connectivity index (χ0n) is 30.2. The fourth-order valence-corrected chi connectivity index (χ4v) is 4.49. The maximum atomic E-state index is 10.4. The van der Waals surface area contributed by atoms with Gasteiger partial charge in [-0.05, 0) is 36.5 Å². The van der Waals surface area contributed by atoms with E-state index in [1.807, 2.05) is 6.07 Å². The molecule has 0 amide bonds. The van der Waals surface area contributed by atoms with Crippen molar-refractivity contribution >= 4 is 35.8 Å². The second kappa shape index (κ2) is 45.1. The largest absolute Gasteiger partial charge is 2.00 e. The summed E-state index contributed by atoms with van der Waals surface area (Å²) in [7, 11) is 0. The Bertz CT molecular complexity index is 699. The van der Waals surface area contributed by atoms with Gasteiger partial charge >= 0.3 is 23.9 Å². The standard InChI is InChI=1S/C22H44O2.C10H12O2.2C4H9.Sn/c1-2-3-4-5-6-7-8-9-10-11-12-13-14-15-16-17-18-19-20-21-22(23)24;1-2-4-8-5-3-6-9(7-8)10(11)12;2*1-3-4-2;/h2-21H2,1H3,(H,23,24);3,5-7H,2,4H2,1H3,(H,11,12);2*1,3-4H2,2H3;/q;;;;+2/p-2. The second-order valence-electron chi connectivity index (χ2n) is 11.9. The van der Waals surface area contributed by atoms with E-state index in [0.717, 1.165) is 44.1 Å². The molecule has 4 nitrogen and oxygen atoms in total. The SMILES string of the molecule is CCCCCCCCCCCCCCCCCCCCCC(=O)[O-].CCCc1cccc(C(=O)[O-])c1.[CH2]CCC.[CH2]CCC.[Sn+2]. The van der Waals surface area contributed by atoms with Gasteiger partial charge in [-0.25, -0.2) is 0 Å². The van der Waals surface area contributed by atoms with Crippen LogP contribution in [-0.4, -0.2) is 35.8 Å². The molecule has 0 fully saturated rings. The third-order valence-corrected chi connectivity index (χ3v) is 7.39. The van der Waals surface area contributed by atoms with Gasteiger partial charge in [0.15, 0.2) is 0 Å². The average molecular weight is 736 g/mol. The molecule has 0 aliphatic heterocycles. The van der Waals surface area contributed by atoms with Gasteiger partial charge in [-0.3, -0.25) is 0 Å². The fraction of sp³-hybridized carbons (Fsp3) is 0.750. The molecular weight excluding hydrogens is 663 g/mol. The van der Waals surface area contributed by atoms with Crippen LogP contribution in [0.1, 0.15) is 204 Å². The van der Waals surface area contributed by atoms with Crippen LogP contribution in [-0.2, 0) is 11.2 Å². The summed E-state index contributed by atoms with van der Waals surface area (Å²) in [4.78, 5) is 20.7. The number of carboxylic acids is 2. The Morgan fingerprint density at radius 2 is 0.911 bits per heavy atom. The number of hydrogen-bond acceptors (Lipinski definition) is 4. The van der Waals surface area contributed by atoms with Crippen molar-refractivity contribution in [3.05, 3.63) is 49.2 Å². The summed E-state index contributed by atoms with van der Waals surface area (Å²) in [5.74, 6) is -2.00. The molecule has 4 radical (unpaired) electrons. The molecule has 0 N–H and O–H groups in total. The summed E-state index contributed by atoms with van der Waals surface area (Å²) in [6.45, 7) is 15.8. The van der Waals surface area contributed by atoms with Crippen molar-refractivity contribution in [2.45, 2.75) is 195 Å². The van der Waals surface area contributed by atoms with Crippen molar-refractivity contribution in [3.8, 4) is 0 Å². The molecule has 0 aromatic heterocycles. The van der Waals surface area contributed by atoms with E-state index in [1.54, 1.807) is 18.2 Å². The Balaban J connectivity index is -0.000000329. The zero-order chi connectivity index (χ0) is 33.5. The van der Waals surface area contributed by atoms with Crippen LogP contribution in [0, 0.1) is 13.8 Å². The van der Waals surface area contributed by atoms with Crippen LogP contribution < -0.4 is 10.2 Å². The fourth-order valence-electron chi connectivity index (χ4n) is 4.49. The molecule has 0 aliphatic rings. The number of carbonyl (C=O) groups excluding carboxylic acids is 2. The van der Waals surface area contributed by atoms with Gasteiger partial charge in [-0.1, -0.05) is 207 Å². The normalized spacial score (nSPS) is 9.82. The number of rotatable bonds is 25. The van der Waals surface area contributed by atoms with Crippen LogP contribution in [0.25, 0.3) is 0 Å². The Labute approximate surface area is 298 Å². The van der Waals surface area contributed by atoms with E-state index in [0.29, 0.717) is 0 Å². The van der Waals surface area contributed by atoms with Crippen LogP contribution in [0.15, 0.2) is 24.3 Å². The minimum Gasteiger partial charge on any atom is -0.550 e. The van der Waals surface area contributed by atoms with Gasteiger partial charge in [0.1, 0.15) is 0 Å². The number of aryl methyl sites for hydroxylation is 1. The van der Waals surface area contributed by atoms with Crippen molar-refractivity contribution in [2.75, 3.05) is 0 Å². The van der Waals surface area contributed by atoms with Crippen molar-refractivity contribution in [2.24, 2.45) is 0 Å². The maximum absolute atomic E-state index is 10.4. The Hall–Kier alpha value is -1.04. The minimum atomic E-state index is -1.10. The second-order valence-corrected chi connectivity index (χ2v) is 11.9. The number of carbonyl (C=O) groups is 2. The maximum Gasteiger partial charge on any atom is 2.00 e. The number of benzene rings is 1. The van der Waals surface area contributed by atoms with E-state index < -0.39 is 11.9 Å². The molecule has 0 unspecified atom stereocenters. The Morgan fingerprint density at radius 3 is 1.20 bits per heavy atom. The topological polar surface area (TPSA) is 80.3 Å². The predicted octanol–water partition coefficient (Wildman–Crippen LogP) is 10.4. The minimum absolute atomic E-state index is 0. The predicted molar refractivity (Wildman–Crippen MR) is 194 cm³/mol. The molecule has 0 saturated heterocycles. The van der Waals surface area contributed by atoms with E-state index in [4.69, 9.17) is 0 Å². The van der Waals surface area contributed by atoms with Crippen molar-refractivity contribution in [1.82, 2.24) is 0 Å². The molecule has 0 aliphatic carbocycles. The van der Waals surface area contributed by atoms with E-state index >= 15 is 0 Å². The van der Waals surface area contributed by atoms with Crippen LogP contribution in [0.4, 0.5) is 0 Å². The summed E-state index contributed by atoms with van der Waals surface area (Å²) >= 11 is 0. The molecule has 0 heterocycles. The third-order valence-electron chi connectivity index (χ3n) is 7.39. The van der Waals surface area contributed by atoms with Gasteiger partial charge in [-0.15, -0.1) is 0 Å². The first-order valence-electron chi connectivity index (χ1n) is 18.4. The molecule has 1 aromatic carbocycles. The summed E-state index contributed by atoms with van der Waals surface area (Å²) in [5.41, 5.74) is 1.32. The van der Waals surface area contributed by atoms with Crippen LogP contribution in [0.3, 0.4) is 0 Å². The zero-order valence-corrected chi connectivity index (χ0v) is 33.1. The molecule has 0 saturated carbocycles. The Morgan fingerprint density at radius 1 is 0.556 bits per heavy atom. The summed E-state index contributed by atoms with van der Waals surface area (Å²) in [6, 6.07) is 6.89. The smallest absolute Gasteiger partial charge is 0.550 e. The van der Waals surface area contributed by atoms with Crippen molar-refractivity contribution in [3.63, 3.8) is 0 Å². The van der Waals surface area contributed by atoms with Crippen LogP contribution in [0.5, 0.6) is 0 Å². The number of unbranched alkanes of at least 4 members (excludes halogenated alkanes) is 20. The van der Waals surface area contributed by atoms with Crippen LogP contribution >= 0.6 is 0 Å². The Kier molecular flexibility index (Phi) is 50.9. The molecule has 0 atom stereocenters. The molecule has 260 valence electrons. The molecule has 45 heavy (non-hydrogen) atoms. The number of hydrogen-bond donors (Lipinski definition) is 0.